The monoisotopic (exact) mass is 412 g/mol. The van der Waals surface area contributed by atoms with Crippen molar-refractivity contribution in [2.24, 2.45) is 0 Å². The maximum atomic E-state index is 12.6. The first-order valence-electron chi connectivity index (χ1n) is 11.0. The maximum Gasteiger partial charge on any atom is 0.410 e. The highest BCUT2D eigenvalue weighted by atomic mass is 16.6. The van der Waals surface area contributed by atoms with Gasteiger partial charge in [0.25, 0.3) is 5.88 Å². The molecule has 1 N–H and O–H groups in total. The third-order valence-corrected chi connectivity index (χ3v) is 5.40. The number of ether oxygens (including phenoxy) is 2. The highest BCUT2D eigenvalue weighted by Crippen LogP contribution is 2.30. The Hall–Kier alpha value is -2.57. The Morgan fingerprint density at radius 3 is 2.57 bits per heavy atom. The van der Waals surface area contributed by atoms with E-state index in [4.69, 9.17) is 14.5 Å². The van der Waals surface area contributed by atoms with Crippen LogP contribution < -0.4 is 10.1 Å². The minimum Gasteiger partial charge on any atom is -0.475 e. The predicted molar refractivity (Wildman–Crippen MR) is 117 cm³/mol. The van der Waals surface area contributed by atoms with Crippen LogP contribution in [-0.4, -0.2) is 51.8 Å². The van der Waals surface area contributed by atoms with Gasteiger partial charge in [0.15, 0.2) is 5.82 Å². The number of rotatable bonds is 6. The fraction of sp³-hybridized carbons (Fsp3) is 0.609. The van der Waals surface area contributed by atoms with Gasteiger partial charge in [-0.25, -0.2) is 14.8 Å². The predicted octanol–water partition coefficient (Wildman–Crippen LogP) is 4.76. The molecular formula is C23H32N4O3. The second-order valence-electron chi connectivity index (χ2n) is 9.25. The van der Waals surface area contributed by atoms with Crippen molar-refractivity contribution in [1.82, 2.24) is 14.9 Å². The van der Waals surface area contributed by atoms with E-state index in [0.29, 0.717) is 24.3 Å². The summed E-state index contributed by atoms with van der Waals surface area (Å²) in [6.45, 7) is 6.93. The number of amides is 1. The molecule has 2 fully saturated rings. The molecule has 1 saturated heterocycles. The summed E-state index contributed by atoms with van der Waals surface area (Å²) in [6, 6.07) is 8.42. The zero-order chi connectivity index (χ0) is 21.1. The molecule has 0 bridgehead atoms. The number of fused-ring (bicyclic) bond motifs is 1. The summed E-state index contributed by atoms with van der Waals surface area (Å²) in [6.07, 6.45) is 5.93. The van der Waals surface area contributed by atoms with Gasteiger partial charge in [0.2, 0.25) is 0 Å². The van der Waals surface area contributed by atoms with Crippen LogP contribution in [0, 0.1) is 0 Å². The molecule has 1 aliphatic carbocycles. The van der Waals surface area contributed by atoms with E-state index in [1.807, 2.05) is 49.9 Å². The molecule has 1 aliphatic heterocycles. The van der Waals surface area contributed by atoms with Crippen LogP contribution in [0.1, 0.15) is 59.3 Å². The first kappa shape index (κ1) is 20.7. The van der Waals surface area contributed by atoms with Gasteiger partial charge in [0.05, 0.1) is 17.6 Å². The molecule has 2 aliphatic rings. The van der Waals surface area contributed by atoms with Crippen molar-refractivity contribution < 1.29 is 14.3 Å². The molecule has 2 heterocycles. The molecule has 1 aromatic heterocycles. The molecule has 7 nitrogen and oxygen atoms in total. The van der Waals surface area contributed by atoms with Crippen LogP contribution in [-0.2, 0) is 4.74 Å². The molecule has 1 aromatic carbocycles. The first-order chi connectivity index (χ1) is 14.4. The van der Waals surface area contributed by atoms with Gasteiger partial charge in [-0.3, -0.25) is 0 Å². The minimum absolute atomic E-state index is 0.127. The van der Waals surface area contributed by atoms with Crippen molar-refractivity contribution in [2.75, 3.05) is 18.5 Å². The Labute approximate surface area is 178 Å². The second kappa shape index (κ2) is 8.66. The zero-order valence-electron chi connectivity index (χ0n) is 18.2. The van der Waals surface area contributed by atoms with E-state index < -0.39 is 5.60 Å². The second-order valence-corrected chi connectivity index (χ2v) is 9.25. The van der Waals surface area contributed by atoms with Gasteiger partial charge in [-0.1, -0.05) is 12.1 Å². The van der Waals surface area contributed by atoms with Crippen LogP contribution >= 0.6 is 0 Å². The van der Waals surface area contributed by atoms with Gasteiger partial charge in [0, 0.05) is 25.0 Å². The molecule has 0 radical (unpaired) electrons. The van der Waals surface area contributed by atoms with Crippen LogP contribution in [0.15, 0.2) is 24.3 Å². The number of anilines is 1. The molecule has 1 atom stereocenters. The Morgan fingerprint density at radius 2 is 1.87 bits per heavy atom. The standard InChI is InChI=1S/C23H32N4O3/c1-23(2,3)30-22(28)27-14-7-6-8-17(27)13-15-29-21-20(24-16-11-12-16)25-18-9-4-5-10-19(18)26-21/h4-5,9-10,16-17H,6-8,11-15H2,1-3H3,(H,24,25)/t17-/m0/s1. The van der Waals surface area contributed by atoms with Gasteiger partial charge in [0.1, 0.15) is 5.60 Å². The van der Waals surface area contributed by atoms with Crippen LogP contribution in [0.3, 0.4) is 0 Å². The van der Waals surface area contributed by atoms with E-state index in [9.17, 15) is 4.79 Å². The maximum absolute atomic E-state index is 12.6. The Bertz CT molecular complexity index is 892. The summed E-state index contributed by atoms with van der Waals surface area (Å²) in [5, 5.41) is 3.43. The summed E-state index contributed by atoms with van der Waals surface area (Å²) in [7, 11) is 0. The van der Waals surface area contributed by atoms with E-state index in [-0.39, 0.29) is 12.1 Å². The number of benzene rings is 1. The number of para-hydroxylation sites is 2. The summed E-state index contributed by atoms with van der Waals surface area (Å²) < 4.78 is 11.7. The van der Waals surface area contributed by atoms with Crippen LogP contribution in [0.25, 0.3) is 11.0 Å². The topological polar surface area (TPSA) is 76.6 Å². The van der Waals surface area contributed by atoms with Crippen LogP contribution in [0.2, 0.25) is 0 Å². The fourth-order valence-corrected chi connectivity index (χ4v) is 3.75. The van der Waals surface area contributed by atoms with E-state index in [2.05, 4.69) is 10.3 Å². The van der Waals surface area contributed by atoms with Crippen molar-refractivity contribution in [3.63, 3.8) is 0 Å². The first-order valence-corrected chi connectivity index (χ1v) is 11.0. The molecule has 7 heteroatoms. The van der Waals surface area contributed by atoms with Crippen molar-refractivity contribution in [3.05, 3.63) is 24.3 Å². The Morgan fingerprint density at radius 1 is 1.13 bits per heavy atom. The number of likely N-dealkylation sites (tertiary alicyclic amines) is 1. The van der Waals surface area contributed by atoms with Gasteiger partial charge >= 0.3 is 6.09 Å². The van der Waals surface area contributed by atoms with Crippen molar-refractivity contribution in [1.29, 1.82) is 0 Å². The summed E-state index contributed by atoms with van der Waals surface area (Å²) in [5.74, 6) is 1.25. The number of aromatic nitrogens is 2. The Balaban J connectivity index is 1.42. The van der Waals surface area contributed by atoms with Crippen LogP contribution in [0.5, 0.6) is 5.88 Å². The number of carbonyl (C=O) groups is 1. The van der Waals surface area contributed by atoms with Gasteiger partial charge < -0.3 is 19.7 Å². The molecule has 0 unspecified atom stereocenters. The summed E-state index contributed by atoms with van der Waals surface area (Å²) >= 11 is 0. The van der Waals surface area contributed by atoms with E-state index in [1.54, 1.807) is 0 Å². The molecule has 2 aromatic rings. The van der Waals surface area contributed by atoms with E-state index in [1.165, 1.54) is 0 Å². The largest absolute Gasteiger partial charge is 0.475 e. The summed E-state index contributed by atoms with van der Waals surface area (Å²) in [4.78, 5) is 23.9. The van der Waals surface area contributed by atoms with Crippen molar-refractivity contribution in [3.8, 4) is 5.88 Å². The highest BCUT2D eigenvalue weighted by molar-refractivity contribution is 5.77. The number of hydrogen-bond donors (Lipinski definition) is 1. The van der Waals surface area contributed by atoms with Crippen molar-refractivity contribution in [2.45, 2.75) is 77.0 Å². The lowest BCUT2D eigenvalue weighted by Gasteiger charge is -2.36. The quantitative estimate of drug-likeness (QED) is 0.737. The lowest BCUT2D eigenvalue weighted by atomic mass is 10.0. The lowest BCUT2D eigenvalue weighted by molar-refractivity contribution is 0.00738. The lowest BCUT2D eigenvalue weighted by Crippen LogP contribution is -2.46. The van der Waals surface area contributed by atoms with Crippen LogP contribution in [0.4, 0.5) is 10.6 Å². The number of carbonyl (C=O) groups excluding carboxylic acids is 1. The van der Waals surface area contributed by atoms with Gasteiger partial charge in [-0.15, -0.1) is 0 Å². The smallest absolute Gasteiger partial charge is 0.410 e. The van der Waals surface area contributed by atoms with Gasteiger partial charge in [-0.05, 0) is 65.0 Å². The average molecular weight is 413 g/mol. The van der Waals surface area contributed by atoms with E-state index >= 15 is 0 Å². The van der Waals surface area contributed by atoms with Crippen molar-refractivity contribution >= 4 is 22.9 Å². The molecule has 4 rings (SSSR count). The third kappa shape index (κ3) is 5.32. The third-order valence-electron chi connectivity index (χ3n) is 5.40. The molecule has 1 saturated carbocycles. The summed E-state index contributed by atoms with van der Waals surface area (Å²) in [5.41, 5.74) is 1.19. The van der Waals surface area contributed by atoms with E-state index in [0.717, 1.165) is 56.1 Å². The Kier molecular flexibility index (Phi) is 5.97. The zero-order valence-corrected chi connectivity index (χ0v) is 18.2. The SMILES string of the molecule is CC(C)(C)OC(=O)N1CCCC[C@H]1CCOc1nc2ccccc2nc1NC1CC1. The van der Waals surface area contributed by atoms with Gasteiger partial charge in [-0.2, -0.15) is 0 Å². The number of piperidine rings is 1. The highest BCUT2D eigenvalue weighted by Gasteiger charge is 2.30. The number of hydrogen-bond acceptors (Lipinski definition) is 6. The minimum atomic E-state index is -0.486. The molecule has 0 spiro atoms. The average Bonchev–Trinajstić information content (AvgIpc) is 3.51. The molecule has 162 valence electrons. The number of nitrogens with zero attached hydrogens (tertiary/aromatic N) is 3. The fourth-order valence-electron chi connectivity index (χ4n) is 3.75. The molecular weight excluding hydrogens is 380 g/mol. The molecule has 1 amide bonds. The number of nitrogens with one attached hydrogen (secondary N) is 1. The normalized spacial score (nSPS) is 19.6. The molecule has 30 heavy (non-hydrogen) atoms.